The summed E-state index contributed by atoms with van der Waals surface area (Å²) in [5.41, 5.74) is 3.80. The lowest BCUT2D eigenvalue weighted by Crippen LogP contribution is -2.47. The molecule has 5 heteroatoms. The Bertz CT molecular complexity index is 772. The van der Waals surface area contributed by atoms with Gasteiger partial charge in [0.1, 0.15) is 5.82 Å². The minimum atomic E-state index is -0.237. The van der Waals surface area contributed by atoms with Crippen molar-refractivity contribution in [3.8, 4) is 0 Å². The molecule has 140 valence electrons. The first-order valence-electron chi connectivity index (χ1n) is 9.15. The zero-order chi connectivity index (χ0) is 18.8. The van der Waals surface area contributed by atoms with Gasteiger partial charge < -0.3 is 9.30 Å². The van der Waals surface area contributed by atoms with E-state index >= 15 is 0 Å². The molecule has 0 aliphatic carbocycles. The molecule has 2 atom stereocenters. The van der Waals surface area contributed by atoms with Crippen molar-refractivity contribution < 1.29 is 13.9 Å². The van der Waals surface area contributed by atoms with Gasteiger partial charge in [0.15, 0.2) is 5.78 Å². The molecule has 1 aromatic carbocycles. The molecule has 1 fully saturated rings. The standard InChI is InChI=1S/C21H27FN2O2/c1-14-9-20(21(25)13-23-10-15(2)26-16(3)11-23)17(4)24(14)12-18-5-7-19(22)8-6-18/h5-9,15-16H,10-13H2,1-4H3/t15-,16+. The van der Waals surface area contributed by atoms with Gasteiger partial charge in [-0.1, -0.05) is 12.1 Å². The highest BCUT2D eigenvalue weighted by Crippen LogP contribution is 2.19. The Hall–Kier alpha value is -1.98. The van der Waals surface area contributed by atoms with Crippen LogP contribution in [-0.2, 0) is 11.3 Å². The molecule has 0 saturated carbocycles. The monoisotopic (exact) mass is 358 g/mol. The van der Waals surface area contributed by atoms with Crippen LogP contribution in [0.2, 0.25) is 0 Å². The maximum Gasteiger partial charge on any atom is 0.178 e. The molecule has 3 rings (SSSR count). The lowest BCUT2D eigenvalue weighted by molar-refractivity contribution is -0.0652. The second-order valence-corrected chi connectivity index (χ2v) is 7.37. The van der Waals surface area contributed by atoms with Crippen molar-refractivity contribution >= 4 is 5.78 Å². The molecule has 2 heterocycles. The average molecular weight is 358 g/mol. The van der Waals surface area contributed by atoms with E-state index in [4.69, 9.17) is 4.74 Å². The Morgan fingerprint density at radius 1 is 1.15 bits per heavy atom. The molecular formula is C21H27FN2O2. The number of morpholine rings is 1. The molecular weight excluding hydrogens is 331 g/mol. The number of aromatic nitrogens is 1. The molecule has 0 spiro atoms. The number of nitrogens with zero attached hydrogens (tertiary/aromatic N) is 2. The third kappa shape index (κ3) is 4.22. The van der Waals surface area contributed by atoms with E-state index in [9.17, 15) is 9.18 Å². The summed E-state index contributed by atoms with van der Waals surface area (Å²) < 4.78 is 21.0. The first-order valence-corrected chi connectivity index (χ1v) is 9.15. The van der Waals surface area contributed by atoms with Gasteiger partial charge in [-0.2, -0.15) is 0 Å². The number of ether oxygens (including phenoxy) is 1. The Morgan fingerprint density at radius 2 is 1.77 bits per heavy atom. The molecule has 0 bridgehead atoms. The third-order valence-corrected chi connectivity index (χ3v) is 4.99. The maximum atomic E-state index is 13.1. The predicted molar refractivity (Wildman–Crippen MR) is 100 cm³/mol. The second-order valence-electron chi connectivity index (χ2n) is 7.37. The lowest BCUT2D eigenvalue weighted by Gasteiger charge is -2.34. The van der Waals surface area contributed by atoms with Gasteiger partial charge in [-0.25, -0.2) is 4.39 Å². The summed E-state index contributed by atoms with van der Waals surface area (Å²) in [6.07, 6.45) is 0.301. The van der Waals surface area contributed by atoms with E-state index in [0.717, 1.165) is 35.6 Å². The van der Waals surface area contributed by atoms with E-state index in [-0.39, 0.29) is 23.8 Å². The second kappa shape index (κ2) is 7.72. The lowest BCUT2D eigenvalue weighted by atomic mass is 10.1. The summed E-state index contributed by atoms with van der Waals surface area (Å²) in [4.78, 5) is 15.0. The highest BCUT2D eigenvalue weighted by atomic mass is 19.1. The van der Waals surface area contributed by atoms with Crippen LogP contribution in [0.15, 0.2) is 30.3 Å². The Balaban J connectivity index is 1.74. The molecule has 2 aromatic rings. The molecule has 0 radical (unpaired) electrons. The number of hydrogen-bond donors (Lipinski definition) is 0. The van der Waals surface area contributed by atoms with Crippen molar-refractivity contribution in [1.82, 2.24) is 9.47 Å². The fourth-order valence-corrected chi connectivity index (χ4v) is 3.80. The van der Waals surface area contributed by atoms with Gasteiger partial charge in [-0.05, 0) is 51.5 Å². The van der Waals surface area contributed by atoms with Gasteiger partial charge in [-0.3, -0.25) is 9.69 Å². The van der Waals surface area contributed by atoms with Crippen molar-refractivity contribution in [2.45, 2.75) is 46.4 Å². The number of rotatable bonds is 5. The SMILES string of the molecule is Cc1cc(C(=O)CN2C[C@@H](C)O[C@@H](C)C2)c(C)n1Cc1ccc(F)cc1. The minimum Gasteiger partial charge on any atom is -0.373 e. The highest BCUT2D eigenvalue weighted by molar-refractivity contribution is 5.99. The zero-order valence-corrected chi connectivity index (χ0v) is 16.0. The third-order valence-electron chi connectivity index (χ3n) is 4.99. The van der Waals surface area contributed by atoms with E-state index < -0.39 is 0 Å². The largest absolute Gasteiger partial charge is 0.373 e. The Labute approximate surface area is 154 Å². The number of Topliss-reactive ketones (excluding diaryl/α,β-unsaturated/α-hetero) is 1. The molecule has 0 N–H and O–H groups in total. The van der Waals surface area contributed by atoms with Crippen molar-refractivity contribution in [2.75, 3.05) is 19.6 Å². The smallest absolute Gasteiger partial charge is 0.178 e. The van der Waals surface area contributed by atoms with Crippen molar-refractivity contribution in [2.24, 2.45) is 0 Å². The summed E-state index contributed by atoms with van der Waals surface area (Å²) in [7, 11) is 0. The van der Waals surface area contributed by atoms with E-state index in [2.05, 4.69) is 9.47 Å². The highest BCUT2D eigenvalue weighted by Gasteiger charge is 2.25. The van der Waals surface area contributed by atoms with Crippen molar-refractivity contribution in [1.29, 1.82) is 0 Å². The van der Waals surface area contributed by atoms with Crippen LogP contribution in [0.3, 0.4) is 0 Å². The number of hydrogen-bond acceptors (Lipinski definition) is 3. The quantitative estimate of drug-likeness (QED) is 0.766. The van der Waals surface area contributed by atoms with Crippen LogP contribution in [0, 0.1) is 19.7 Å². The van der Waals surface area contributed by atoms with Crippen LogP contribution >= 0.6 is 0 Å². The van der Waals surface area contributed by atoms with Gasteiger partial charge in [0.2, 0.25) is 0 Å². The van der Waals surface area contributed by atoms with E-state index in [1.807, 2.05) is 33.8 Å². The fourth-order valence-electron chi connectivity index (χ4n) is 3.80. The van der Waals surface area contributed by atoms with Crippen LogP contribution < -0.4 is 0 Å². The molecule has 1 saturated heterocycles. The van der Waals surface area contributed by atoms with Crippen LogP contribution in [0.1, 0.15) is 41.2 Å². The summed E-state index contributed by atoms with van der Waals surface area (Å²) in [6, 6.07) is 8.47. The van der Waals surface area contributed by atoms with Crippen LogP contribution in [0.5, 0.6) is 0 Å². The van der Waals surface area contributed by atoms with Gasteiger partial charge in [0.05, 0.1) is 18.8 Å². The fraction of sp³-hybridized carbons (Fsp3) is 0.476. The predicted octanol–water partition coefficient (Wildman–Crippen LogP) is 3.58. The first kappa shape index (κ1) is 18.8. The molecule has 0 amide bonds. The number of ketones is 1. The molecule has 4 nitrogen and oxygen atoms in total. The molecule has 1 aliphatic rings. The number of halogens is 1. The van der Waals surface area contributed by atoms with E-state index in [1.54, 1.807) is 12.1 Å². The summed E-state index contributed by atoms with van der Waals surface area (Å²) in [5, 5.41) is 0. The summed E-state index contributed by atoms with van der Waals surface area (Å²) in [6.45, 7) is 10.7. The van der Waals surface area contributed by atoms with E-state index in [0.29, 0.717) is 13.1 Å². The van der Waals surface area contributed by atoms with Gasteiger partial charge in [-0.15, -0.1) is 0 Å². The van der Waals surface area contributed by atoms with Crippen LogP contribution in [0.4, 0.5) is 4.39 Å². The van der Waals surface area contributed by atoms with Crippen LogP contribution in [-0.4, -0.2) is 47.1 Å². The van der Waals surface area contributed by atoms with Gasteiger partial charge in [0.25, 0.3) is 0 Å². The Kier molecular flexibility index (Phi) is 5.58. The molecule has 0 unspecified atom stereocenters. The average Bonchev–Trinajstić information content (AvgIpc) is 2.84. The van der Waals surface area contributed by atoms with E-state index in [1.165, 1.54) is 12.1 Å². The number of carbonyl (C=O) groups excluding carboxylic acids is 1. The number of benzene rings is 1. The van der Waals surface area contributed by atoms with Gasteiger partial charge in [0, 0.05) is 36.6 Å². The van der Waals surface area contributed by atoms with Crippen molar-refractivity contribution in [3.05, 3.63) is 58.7 Å². The topological polar surface area (TPSA) is 34.5 Å². The van der Waals surface area contributed by atoms with Gasteiger partial charge >= 0.3 is 0 Å². The minimum absolute atomic E-state index is 0.143. The zero-order valence-electron chi connectivity index (χ0n) is 16.0. The first-order chi connectivity index (χ1) is 12.3. The molecule has 26 heavy (non-hydrogen) atoms. The molecule has 1 aliphatic heterocycles. The number of aryl methyl sites for hydroxylation is 1. The summed E-state index contributed by atoms with van der Waals surface area (Å²) >= 11 is 0. The maximum absolute atomic E-state index is 13.1. The van der Waals surface area contributed by atoms with Crippen LogP contribution in [0.25, 0.3) is 0 Å². The molecule has 1 aromatic heterocycles. The Morgan fingerprint density at radius 3 is 2.38 bits per heavy atom. The normalized spacial score (nSPS) is 21.1. The summed E-state index contributed by atoms with van der Waals surface area (Å²) in [5.74, 6) is -0.0932. The van der Waals surface area contributed by atoms with Crippen molar-refractivity contribution in [3.63, 3.8) is 0 Å². The number of carbonyl (C=O) groups is 1.